The zero-order chi connectivity index (χ0) is 10.6. The summed E-state index contributed by atoms with van der Waals surface area (Å²) in [6, 6.07) is 8.03. The molecule has 0 atom stereocenters. The minimum atomic E-state index is -4.00. The lowest BCUT2D eigenvalue weighted by Gasteiger charge is -2.02. The van der Waals surface area contributed by atoms with Gasteiger partial charge in [0, 0.05) is 0 Å². The van der Waals surface area contributed by atoms with Crippen molar-refractivity contribution in [1.82, 2.24) is 5.48 Å². The van der Waals surface area contributed by atoms with Crippen LogP contribution in [0.1, 0.15) is 0 Å². The molecule has 0 heterocycles. The predicted octanol–water partition coefficient (Wildman–Crippen LogP) is 0.531. The van der Waals surface area contributed by atoms with Gasteiger partial charge in [0.15, 0.2) is 0 Å². The van der Waals surface area contributed by atoms with Gasteiger partial charge in [0.1, 0.15) is 0 Å². The number of carbonyl (C=O) groups excluding carboxylic acids is 1. The molecule has 1 amide bonds. The van der Waals surface area contributed by atoms with Crippen LogP contribution in [0, 0.1) is 6.07 Å². The summed E-state index contributed by atoms with van der Waals surface area (Å²) in [6.07, 6.45) is 0. The number of nitrogens with one attached hydrogen (secondary N) is 1. The van der Waals surface area contributed by atoms with Gasteiger partial charge in [0.25, 0.3) is 9.84 Å². The van der Waals surface area contributed by atoms with E-state index in [4.69, 9.17) is 0 Å². The number of hydrogen-bond donors (Lipinski definition) is 1. The van der Waals surface area contributed by atoms with Crippen LogP contribution >= 0.6 is 0 Å². The Hall–Kier alpha value is -1.40. The monoisotopic (exact) mass is 214 g/mol. The van der Waals surface area contributed by atoms with Crippen molar-refractivity contribution in [3.05, 3.63) is 30.3 Å². The highest BCUT2D eigenvalue weighted by Gasteiger charge is 2.24. The fourth-order valence-electron chi connectivity index (χ4n) is 0.796. The van der Waals surface area contributed by atoms with Crippen LogP contribution in [0.3, 0.4) is 0 Å². The number of hydrogen-bond acceptors (Lipinski definition) is 4. The zero-order valence-electron chi connectivity index (χ0n) is 7.35. The molecular weight excluding hydrogens is 206 g/mol. The first-order chi connectivity index (χ1) is 6.59. The van der Waals surface area contributed by atoms with Gasteiger partial charge < -0.3 is 0 Å². The van der Waals surface area contributed by atoms with E-state index in [1.807, 2.05) is 0 Å². The second kappa shape index (κ2) is 4.21. The van der Waals surface area contributed by atoms with Crippen LogP contribution in [0.4, 0.5) is 4.79 Å². The van der Waals surface area contributed by atoms with Gasteiger partial charge in [-0.25, -0.2) is 13.9 Å². The van der Waals surface area contributed by atoms with Crippen molar-refractivity contribution in [2.45, 2.75) is 4.90 Å². The second-order valence-corrected chi connectivity index (χ2v) is 4.18. The smallest absolute Gasteiger partial charge is 0.276 e. The Kier molecular flexibility index (Phi) is 3.21. The van der Waals surface area contributed by atoms with Crippen molar-refractivity contribution >= 4 is 15.1 Å². The van der Waals surface area contributed by atoms with Crippen LogP contribution in [0.25, 0.3) is 0 Å². The third-order valence-electron chi connectivity index (χ3n) is 1.43. The van der Waals surface area contributed by atoms with Crippen molar-refractivity contribution in [2.75, 3.05) is 7.11 Å². The Balaban J connectivity index is 3.04. The van der Waals surface area contributed by atoms with E-state index in [1.54, 1.807) is 5.48 Å². The van der Waals surface area contributed by atoms with Crippen molar-refractivity contribution in [1.29, 1.82) is 0 Å². The van der Waals surface area contributed by atoms with Crippen LogP contribution in [-0.2, 0) is 14.7 Å². The van der Waals surface area contributed by atoms with Gasteiger partial charge in [0.05, 0.1) is 12.0 Å². The van der Waals surface area contributed by atoms with Gasteiger partial charge in [0.2, 0.25) is 0 Å². The molecule has 0 aromatic heterocycles. The van der Waals surface area contributed by atoms with Crippen molar-refractivity contribution in [3.63, 3.8) is 0 Å². The van der Waals surface area contributed by atoms with Gasteiger partial charge in [-0.05, 0) is 18.2 Å². The fraction of sp³-hybridized carbons (Fsp3) is 0.125. The molecule has 0 aliphatic carbocycles. The lowest BCUT2D eigenvalue weighted by atomic mass is 10.4. The summed E-state index contributed by atoms with van der Waals surface area (Å²) >= 11 is 0. The van der Waals surface area contributed by atoms with Crippen LogP contribution < -0.4 is 5.48 Å². The summed E-state index contributed by atoms with van der Waals surface area (Å²) in [5, 5.41) is -1.19. The van der Waals surface area contributed by atoms with Crippen LogP contribution in [-0.4, -0.2) is 20.8 Å². The van der Waals surface area contributed by atoms with E-state index in [9.17, 15) is 13.2 Å². The lowest BCUT2D eigenvalue weighted by Crippen LogP contribution is -2.28. The molecule has 5 nitrogen and oxygen atoms in total. The average Bonchev–Trinajstić information content (AvgIpc) is 2.19. The molecule has 0 aliphatic heterocycles. The first-order valence-corrected chi connectivity index (χ1v) is 5.11. The Morgan fingerprint density at radius 2 is 2.00 bits per heavy atom. The van der Waals surface area contributed by atoms with Gasteiger partial charge in [-0.3, -0.25) is 9.63 Å². The minimum absolute atomic E-state index is 0.0919. The molecule has 6 heteroatoms. The molecule has 1 rings (SSSR count). The fourth-order valence-corrected chi connectivity index (χ4v) is 1.70. The van der Waals surface area contributed by atoms with Gasteiger partial charge in [-0.15, -0.1) is 0 Å². The normalized spacial score (nSPS) is 10.9. The van der Waals surface area contributed by atoms with E-state index < -0.39 is 15.1 Å². The maximum absolute atomic E-state index is 11.4. The van der Waals surface area contributed by atoms with E-state index in [2.05, 4.69) is 10.9 Å². The van der Waals surface area contributed by atoms with Crippen molar-refractivity contribution in [3.8, 4) is 0 Å². The Bertz CT molecular complexity index is 412. The number of rotatable bonds is 2. The van der Waals surface area contributed by atoms with E-state index in [1.165, 1.54) is 24.3 Å². The number of carbonyl (C=O) groups is 1. The highest BCUT2D eigenvalue weighted by molar-refractivity contribution is 8.06. The van der Waals surface area contributed by atoms with Crippen molar-refractivity contribution < 1.29 is 18.0 Å². The van der Waals surface area contributed by atoms with E-state index in [0.717, 1.165) is 7.11 Å². The molecule has 1 aromatic rings. The highest BCUT2D eigenvalue weighted by Crippen LogP contribution is 2.09. The Morgan fingerprint density at radius 1 is 1.43 bits per heavy atom. The molecule has 1 N–H and O–H groups in total. The number of benzene rings is 1. The molecule has 0 saturated heterocycles. The van der Waals surface area contributed by atoms with Crippen LogP contribution in [0.2, 0.25) is 0 Å². The van der Waals surface area contributed by atoms with E-state index in [0.29, 0.717) is 0 Å². The SMILES string of the molecule is CONC(=O)S(=O)(=O)c1cc[c]cc1. The number of amides is 1. The first kappa shape index (κ1) is 10.7. The minimum Gasteiger partial charge on any atom is -0.276 e. The zero-order valence-corrected chi connectivity index (χ0v) is 8.17. The van der Waals surface area contributed by atoms with Gasteiger partial charge in [-0.1, -0.05) is 12.1 Å². The lowest BCUT2D eigenvalue weighted by molar-refractivity contribution is 0.119. The van der Waals surface area contributed by atoms with Gasteiger partial charge in [-0.2, -0.15) is 0 Å². The molecule has 1 aromatic carbocycles. The van der Waals surface area contributed by atoms with Gasteiger partial charge >= 0.3 is 5.24 Å². The largest absolute Gasteiger partial charge is 0.364 e. The first-order valence-electron chi connectivity index (χ1n) is 3.63. The molecule has 1 radical (unpaired) electrons. The van der Waals surface area contributed by atoms with Crippen LogP contribution in [0.5, 0.6) is 0 Å². The molecule has 0 saturated carbocycles. The molecule has 75 valence electrons. The molecule has 0 aliphatic rings. The quantitative estimate of drug-likeness (QED) is 0.729. The molecule has 0 spiro atoms. The summed E-state index contributed by atoms with van der Waals surface area (Å²) < 4.78 is 22.8. The predicted molar refractivity (Wildman–Crippen MR) is 48.0 cm³/mol. The molecule has 0 bridgehead atoms. The third kappa shape index (κ3) is 2.09. The standard InChI is InChI=1S/C8H8NO4S/c1-13-9-8(10)14(11,12)7-5-3-2-4-6-7/h3-6H,1H3,(H,9,10). The summed E-state index contributed by atoms with van der Waals surface area (Å²) in [4.78, 5) is 15.2. The summed E-state index contributed by atoms with van der Waals surface area (Å²) in [7, 11) is -2.84. The average molecular weight is 214 g/mol. The number of hydroxylamine groups is 1. The van der Waals surface area contributed by atoms with E-state index >= 15 is 0 Å². The summed E-state index contributed by atoms with van der Waals surface area (Å²) in [5.41, 5.74) is 1.75. The van der Waals surface area contributed by atoms with E-state index in [-0.39, 0.29) is 4.90 Å². The maximum Gasteiger partial charge on any atom is 0.364 e. The van der Waals surface area contributed by atoms with Crippen LogP contribution in [0.15, 0.2) is 29.2 Å². The summed E-state index contributed by atoms with van der Waals surface area (Å²) in [6.45, 7) is 0. The molecular formula is C8H8NO4S. The molecule has 14 heavy (non-hydrogen) atoms. The summed E-state index contributed by atoms with van der Waals surface area (Å²) in [5.74, 6) is 0. The second-order valence-electron chi connectivity index (χ2n) is 2.33. The highest BCUT2D eigenvalue weighted by atomic mass is 32.2. The topological polar surface area (TPSA) is 72.5 Å². The third-order valence-corrected chi connectivity index (χ3v) is 2.89. The Morgan fingerprint density at radius 3 is 2.50 bits per heavy atom. The number of sulfone groups is 1. The maximum atomic E-state index is 11.4. The van der Waals surface area contributed by atoms with Crippen molar-refractivity contribution in [2.24, 2.45) is 0 Å². The molecule has 0 fully saturated rings. The Labute approximate surface area is 81.6 Å². The molecule has 0 unspecified atom stereocenters.